The van der Waals surface area contributed by atoms with Crippen LogP contribution in [0.2, 0.25) is 0 Å². The quantitative estimate of drug-likeness (QED) is 0.684. The minimum Gasteiger partial charge on any atom is -0.355 e. The van der Waals surface area contributed by atoms with Crippen LogP contribution in [0.5, 0.6) is 0 Å². The number of aryl methyl sites for hydroxylation is 1. The van der Waals surface area contributed by atoms with E-state index >= 15 is 0 Å². The van der Waals surface area contributed by atoms with E-state index in [0.29, 0.717) is 16.8 Å². The van der Waals surface area contributed by atoms with Crippen LogP contribution in [-0.2, 0) is 11.2 Å². The zero-order valence-electron chi connectivity index (χ0n) is 13.7. The molecule has 124 valence electrons. The first-order valence-corrected chi connectivity index (χ1v) is 9.43. The number of hydrogen-bond donors (Lipinski definition) is 2. The van der Waals surface area contributed by atoms with Gasteiger partial charge in [-0.3, -0.25) is 9.89 Å². The lowest BCUT2D eigenvalue weighted by Crippen LogP contribution is -2.26. The van der Waals surface area contributed by atoms with E-state index in [1.54, 1.807) is 0 Å². The maximum Gasteiger partial charge on any atom is 0.230 e. The van der Waals surface area contributed by atoms with Crippen LogP contribution in [0, 0.1) is 11.8 Å². The molecule has 0 saturated heterocycles. The molecule has 0 bridgehead atoms. The maximum atomic E-state index is 11.7. The average Bonchev–Trinajstić information content (AvgIpc) is 3.14. The van der Waals surface area contributed by atoms with Gasteiger partial charge in [-0.25, -0.2) is 4.98 Å². The molecule has 2 N–H and O–H groups in total. The van der Waals surface area contributed by atoms with Crippen molar-refractivity contribution in [3.8, 4) is 0 Å². The van der Waals surface area contributed by atoms with Gasteiger partial charge in [0.1, 0.15) is 5.82 Å². The molecule has 0 atom stereocenters. The molecular formula is C16H28N4OS. The fourth-order valence-corrected chi connectivity index (χ4v) is 3.42. The van der Waals surface area contributed by atoms with Crippen LogP contribution in [0.1, 0.15) is 58.2 Å². The Bertz CT molecular complexity index is 455. The van der Waals surface area contributed by atoms with Crippen molar-refractivity contribution in [2.75, 3.05) is 12.3 Å². The number of carbonyl (C=O) groups excluding carboxylic acids is 1. The number of thioether (sulfide) groups is 1. The summed E-state index contributed by atoms with van der Waals surface area (Å²) in [6.45, 7) is 5.06. The van der Waals surface area contributed by atoms with Gasteiger partial charge < -0.3 is 5.32 Å². The van der Waals surface area contributed by atoms with E-state index < -0.39 is 0 Å². The van der Waals surface area contributed by atoms with E-state index in [1.807, 2.05) is 0 Å². The molecule has 1 amide bonds. The van der Waals surface area contributed by atoms with E-state index in [9.17, 15) is 4.79 Å². The molecule has 0 aromatic carbocycles. The first kappa shape index (κ1) is 17.3. The highest BCUT2D eigenvalue weighted by molar-refractivity contribution is 7.99. The summed E-state index contributed by atoms with van der Waals surface area (Å²) >= 11 is 1.40. The number of H-pyrrole nitrogens is 1. The Hall–Kier alpha value is -1.04. The molecule has 1 aliphatic carbocycles. The molecule has 0 unspecified atom stereocenters. The van der Waals surface area contributed by atoms with Crippen LogP contribution < -0.4 is 5.32 Å². The number of aromatic amines is 1. The van der Waals surface area contributed by atoms with Crippen molar-refractivity contribution in [2.24, 2.45) is 11.8 Å². The monoisotopic (exact) mass is 324 g/mol. The smallest absolute Gasteiger partial charge is 0.230 e. The molecule has 1 aromatic heterocycles. The fourth-order valence-electron chi connectivity index (χ4n) is 2.78. The SMILES string of the molecule is CC(C)CCNC(=O)CSc1n[nH]c(CCC2CCCC2)n1. The van der Waals surface area contributed by atoms with E-state index in [1.165, 1.54) is 43.9 Å². The summed E-state index contributed by atoms with van der Waals surface area (Å²) in [5.74, 6) is 2.88. The largest absolute Gasteiger partial charge is 0.355 e. The van der Waals surface area contributed by atoms with Gasteiger partial charge in [0.25, 0.3) is 0 Å². The Morgan fingerprint density at radius 1 is 1.41 bits per heavy atom. The van der Waals surface area contributed by atoms with Crippen molar-refractivity contribution in [3.05, 3.63) is 5.82 Å². The van der Waals surface area contributed by atoms with Gasteiger partial charge in [0.05, 0.1) is 5.75 Å². The Kier molecular flexibility index (Phi) is 7.22. The molecule has 0 radical (unpaired) electrons. The van der Waals surface area contributed by atoms with E-state index in [0.717, 1.165) is 31.1 Å². The third kappa shape index (κ3) is 6.38. The standard InChI is InChI=1S/C16H28N4OS/c1-12(2)9-10-17-15(21)11-22-16-18-14(19-20-16)8-7-13-5-3-4-6-13/h12-13H,3-11H2,1-2H3,(H,17,21)(H,18,19,20). The number of aromatic nitrogens is 3. The highest BCUT2D eigenvalue weighted by Gasteiger charge is 2.15. The molecule has 1 fully saturated rings. The van der Waals surface area contributed by atoms with E-state index in [-0.39, 0.29) is 5.91 Å². The van der Waals surface area contributed by atoms with Crippen molar-refractivity contribution in [3.63, 3.8) is 0 Å². The van der Waals surface area contributed by atoms with Gasteiger partial charge in [0.15, 0.2) is 0 Å². The molecule has 6 heteroatoms. The van der Waals surface area contributed by atoms with Gasteiger partial charge in [0.2, 0.25) is 11.1 Å². The number of rotatable bonds is 9. The molecule has 22 heavy (non-hydrogen) atoms. The first-order valence-electron chi connectivity index (χ1n) is 8.44. The Balaban J connectivity index is 1.62. The van der Waals surface area contributed by atoms with E-state index in [2.05, 4.69) is 34.3 Å². The third-order valence-electron chi connectivity index (χ3n) is 4.15. The lowest BCUT2D eigenvalue weighted by Gasteiger charge is -2.06. The molecule has 1 aromatic rings. The second-order valence-corrected chi connectivity index (χ2v) is 7.52. The van der Waals surface area contributed by atoms with Crippen molar-refractivity contribution in [1.82, 2.24) is 20.5 Å². The average molecular weight is 324 g/mol. The fraction of sp³-hybridized carbons (Fsp3) is 0.812. The molecule has 0 aliphatic heterocycles. The minimum absolute atomic E-state index is 0.0583. The molecule has 1 saturated carbocycles. The second kappa shape index (κ2) is 9.18. The topological polar surface area (TPSA) is 70.7 Å². The Labute approximate surface area is 137 Å². The summed E-state index contributed by atoms with van der Waals surface area (Å²) in [5.41, 5.74) is 0. The number of nitrogens with zero attached hydrogens (tertiary/aromatic N) is 2. The summed E-state index contributed by atoms with van der Waals surface area (Å²) in [5, 5.41) is 10.8. The van der Waals surface area contributed by atoms with Crippen molar-refractivity contribution in [2.45, 2.75) is 63.9 Å². The molecule has 5 nitrogen and oxygen atoms in total. The lowest BCUT2D eigenvalue weighted by atomic mass is 10.0. The van der Waals surface area contributed by atoms with Gasteiger partial charge in [-0.2, -0.15) is 0 Å². The zero-order chi connectivity index (χ0) is 15.8. The Morgan fingerprint density at radius 2 is 2.18 bits per heavy atom. The number of carbonyl (C=O) groups is 1. The molecule has 1 aliphatic rings. The number of nitrogens with one attached hydrogen (secondary N) is 2. The summed E-state index contributed by atoms with van der Waals surface area (Å²) in [7, 11) is 0. The van der Waals surface area contributed by atoms with Crippen LogP contribution in [0.4, 0.5) is 0 Å². The highest BCUT2D eigenvalue weighted by Crippen LogP contribution is 2.28. The Morgan fingerprint density at radius 3 is 2.91 bits per heavy atom. The molecule has 0 spiro atoms. The van der Waals surface area contributed by atoms with Gasteiger partial charge in [-0.1, -0.05) is 51.3 Å². The van der Waals surface area contributed by atoms with Crippen LogP contribution in [0.25, 0.3) is 0 Å². The van der Waals surface area contributed by atoms with Crippen molar-refractivity contribution < 1.29 is 4.79 Å². The summed E-state index contributed by atoms with van der Waals surface area (Å²) in [4.78, 5) is 16.2. The van der Waals surface area contributed by atoms with Crippen molar-refractivity contribution >= 4 is 17.7 Å². The second-order valence-electron chi connectivity index (χ2n) is 6.57. The summed E-state index contributed by atoms with van der Waals surface area (Å²) < 4.78 is 0. The number of amides is 1. The van der Waals surface area contributed by atoms with Crippen LogP contribution in [-0.4, -0.2) is 33.4 Å². The van der Waals surface area contributed by atoms with Gasteiger partial charge in [-0.05, 0) is 24.7 Å². The van der Waals surface area contributed by atoms with Gasteiger partial charge >= 0.3 is 0 Å². The summed E-state index contributed by atoms with van der Waals surface area (Å²) in [6.07, 6.45) is 8.69. The van der Waals surface area contributed by atoms with Crippen LogP contribution in [0.3, 0.4) is 0 Å². The summed E-state index contributed by atoms with van der Waals surface area (Å²) in [6, 6.07) is 0. The first-order chi connectivity index (χ1) is 10.6. The maximum absolute atomic E-state index is 11.7. The van der Waals surface area contributed by atoms with Crippen LogP contribution >= 0.6 is 11.8 Å². The molecular weight excluding hydrogens is 296 g/mol. The van der Waals surface area contributed by atoms with Crippen molar-refractivity contribution in [1.29, 1.82) is 0 Å². The zero-order valence-corrected chi connectivity index (χ0v) is 14.5. The predicted octanol–water partition coefficient (Wildman–Crippen LogP) is 3.18. The third-order valence-corrected chi connectivity index (χ3v) is 5.00. The number of hydrogen-bond acceptors (Lipinski definition) is 4. The highest BCUT2D eigenvalue weighted by atomic mass is 32.2. The normalized spacial score (nSPS) is 15.6. The van der Waals surface area contributed by atoms with Gasteiger partial charge in [0, 0.05) is 13.0 Å². The van der Waals surface area contributed by atoms with Gasteiger partial charge in [-0.15, -0.1) is 5.10 Å². The minimum atomic E-state index is 0.0583. The predicted molar refractivity (Wildman–Crippen MR) is 89.9 cm³/mol. The lowest BCUT2D eigenvalue weighted by molar-refractivity contribution is -0.118. The molecule has 1 heterocycles. The van der Waals surface area contributed by atoms with E-state index in [4.69, 9.17) is 0 Å². The van der Waals surface area contributed by atoms with Crippen LogP contribution in [0.15, 0.2) is 5.16 Å². The molecule has 2 rings (SSSR count).